The van der Waals surface area contributed by atoms with E-state index in [0.29, 0.717) is 11.7 Å². The summed E-state index contributed by atoms with van der Waals surface area (Å²) in [7, 11) is 0. The second-order valence-electron chi connectivity index (χ2n) is 6.69. The average Bonchev–Trinajstić information content (AvgIpc) is 2.73. The van der Waals surface area contributed by atoms with Crippen molar-refractivity contribution < 1.29 is 4.79 Å². The molecule has 1 nitrogen and oxygen atoms in total. The van der Waals surface area contributed by atoms with Crippen LogP contribution in [0.5, 0.6) is 0 Å². The molecule has 1 aromatic rings. The zero-order valence-electron chi connectivity index (χ0n) is 12.4. The van der Waals surface area contributed by atoms with Crippen molar-refractivity contribution in [3.8, 4) is 0 Å². The predicted octanol–water partition coefficient (Wildman–Crippen LogP) is 5.35. The fourth-order valence-electron chi connectivity index (χ4n) is 3.95. The first-order valence-electron chi connectivity index (χ1n) is 8.44. The van der Waals surface area contributed by atoms with Crippen molar-refractivity contribution >= 4 is 5.78 Å². The van der Waals surface area contributed by atoms with E-state index in [0.717, 1.165) is 25.2 Å². The maximum Gasteiger partial charge on any atom is 0.133 e. The van der Waals surface area contributed by atoms with Crippen LogP contribution >= 0.6 is 0 Å². The Hall–Kier alpha value is -1.11. The summed E-state index contributed by atoms with van der Waals surface area (Å²) in [5.41, 5.74) is 2.91. The van der Waals surface area contributed by atoms with Crippen LogP contribution in [0.25, 0.3) is 0 Å². The van der Waals surface area contributed by atoms with Crippen molar-refractivity contribution in [3.63, 3.8) is 0 Å². The van der Waals surface area contributed by atoms with Crippen molar-refractivity contribution in [2.45, 2.75) is 76.0 Å². The Morgan fingerprint density at radius 3 is 1.95 bits per heavy atom. The van der Waals surface area contributed by atoms with Crippen molar-refractivity contribution in [3.05, 3.63) is 35.4 Å². The molecule has 0 aromatic heterocycles. The largest absolute Gasteiger partial charge is 0.300 e. The molecule has 0 bridgehead atoms. The maximum absolute atomic E-state index is 11.8. The van der Waals surface area contributed by atoms with Gasteiger partial charge < -0.3 is 0 Å². The third-order valence-electron chi connectivity index (χ3n) is 5.22. The molecule has 3 rings (SSSR count). The summed E-state index contributed by atoms with van der Waals surface area (Å²) in [6.45, 7) is 0. The van der Waals surface area contributed by atoms with Gasteiger partial charge in [0, 0.05) is 12.8 Å². The van der Waals surface area contributed by atoms with E-state index in [9.17, 15) is 4.79 Å². The average molecular weight is 270 g/mol. The first-order valence-corrected chi connectivity index (χ1v) is 8.44. The first-order chi connectivity index (χ1) is 9.83. The van der Waals surface area contributed by atoms with Crippen molar-refractivity contribution in [2.75, 3.05) is 0 Å². The highest BCUT2D eigenvalue weighted by atomic mass is 16.1. The quantitative estimate of drug-likeness (QED) is 0.662. The fraction of sp³-hybridized carbons (Fsp3) is 0.632. The molecule has 0 amide bonds. The van der Waals surface area contributed by atoms with Gasteiger partial charge in [0.25, 0.3) is 0 Å². The molecule has 2 aliphatic rings. The molecule has 108 valence electrons. The Labute approximate surface area is 122 Å². The van der Waals surface area contributed by atoms with Crippen LogP contribution in [0, 0.1) is 0 Å². The lowest BCUT2D eigenvalue weighted by Gasteiger charge is -2.22. The van der Waals surface area contributed by atoms with E-state index in [1.165, 1.54) is 56.1 Å². The van der Waals surface area contributed by atoms with Gasteiger partial charge in [-0.05, 0) is 48.6 Å². The van der Waals surface area contributed by atoms with Crippen molar-refractivity contribution in [2.24, 2.45) is 0 Å². The number of carbonyl (C=O) groups is 1. The molecule has 0 N–H and O–H groups in total. The van der Waals surface area contributed by atoms with Gasteiger partial charge in [-0.15, -0.1) is 0 Å². The summed E-state index contributed by atoms with van der Waals surface area (Å²) < 4.78 is 0. The molecular weight excluding hydrogens is 244 g/mol. The smallest absolute Gasteiger partial charge is 0.133 e. The predicted molar refractivity (Wildman–Crippen MR) is 83.1 cm³/mol. The molecule has 0 radical (unpaired) electrons. The van der Waals surface area contributed by atoms with Crippen LogP contribution in [0.3, 0.4) is 0 Å². The number of Topliss-reactive ketones (excluding diaryl/α,β-unsaturated/α-hetero) is 1. The summed E-state index contributed by atoms with van der Waals surface area (Å²) in [6.07, 6.45) is 12.0. The minimum absolute atomic E-state index is 0.462. The molecule has 1 atom stereocenters. The third kappa shape index (κ3) is 3.31. The number of hydrogen-bond acceptors (Lipinski definition) is 1. The molecule has 1 heteroatoms. The Morgan fingerprint density at radius 2 is 1.25 bits per heavy atom. The molecule has 20 heavy (non-hydrogen) atoms. The zero-order valence-corrected chi connectivity index (χ0v) is 12.4. The van der Waals surface area contributed by atoms with Crippen molar-refractivity contribution in [1.82, 2.24) is 0 Å². The van der Waals surface area contributed by atoms with Gasteiger partial charge in [0.2, 0.25) is 0 Å². The molecular formula is C19H26O. The standard InChI is InChI=1S/C19H26O/c20-19-9-5-4-8-18(14-19)17-12-10-16(11-13-17)15-6-2-1-3-7-15/h10-13,15,18H,1-9,14H2/t18-/m1/s1. The molecule has 2 aliphatic carbocycles. The number of carbonyl (C=O) groups excluding carboxylic acids is 1. The zero-order chi connectivity index (χ0) is 13.8. The van der Waals surface area contributed by atoms with Crippen LogP contribution in [-0.2, 0) is 4.79 Å². The molecule has 0 heterocycles. The summed E-state index contributed by atoms with van der Waals surface area (Å²) in [6, 6.07) is 9.27. The van der Waals surface area contributed by atoms with Crippen LogP contribution in [0.4, 0.5) is 0 Å². The van der Waals surface area contributed by atoms with Crippen LogP contribution in [0.15, 0.2) is 24.3 Å². The highest BCUT2D eigenvalue weighted by molar-refractivity contribution is 5.79. The molecule has 0 aliphatic heterocycles. The van der Waals surface area contributed by atoms with E-state index < -0.39 is 0 Å². The molecule has 0 spiro atoms. The number of hydrogen-bond donors (Lipinski definition) is 0. The molecule has 1 aromatic carbocycles. The monoisotopic (exact) mass is 270 g/mol. The van der Waals surface area contributed by atoms with Gasteiger partial charge in [-0.1, -0.05) is 49.9 Å². The number of benzene rings is 1. The van der Waals surface area contributed by atoms with Gasteiger partial charge in [0.15, 0.2) is 0 Å². The number of ketones is 1. The second kappa shape index (κ2) is 6.56. The lowest BCUT2D eigenvalue weighted by Crippen LogP contribution is -2.06. The van der Waals surface area contributed by atoms with Crippen molar-refractivity contribution in [1.29, 1.82) is 0 Å². The summed E-state index contributed by atoms with van der Waals surface area (Å²) in [4.78, 5) is 11.8. The van der Waals surface area contributed by atoms with Gasteiger partial charge >= 0.3 is 0 Å². The van der Waals surface area contributed by atoms with Crippen LogP contribution in [0.2, 0.25) is 0 Å². The Morgan fingerprint density at radius 1 is 0.700 bits per heavy atom. The topological polar surface area (TPSA) is 17.1 Å². The minimum Gasteiger partial charge on any atom is -0.300 e. The van der Waals surface area contributed by atoms with Gasteiger partial charge in [-0.3, -0.25) is 4.79 Å². The normalized spacial score (nSPS) is 25.4. The van der Waals surface area contributed by atoms with E-state index in [2.05, 4.69) is 24.3 Å². The lowest BCUT2D eigenvalue weighted by atomic mass is 9.83. The summed E-state index contributed by atoms with van der Waals surface area (Å²) >= 11 is 0. The van der Waals surface area contributed by atoms with E-state index in [4.69, 9.17) is 0 Å². The SMILES string of the molecule is O=C1CCCC[C@@H](c2ccc(C3CCCCC3)cc2)C1. The molecule has 0 saturated heterocycles. The van der Waals surface area contributed by atoms with E-state index in [1.54, 1.807) is 0 Å². The van der Waals surface area contributed by atoms with Gasteiger partial charge in [-0.25, -0.2) is 0 Å². The lowest BCUT2D eigenvalue weighted by molar-refractivity contribution is -0.119. The fourth-order valence-corrected chi connectivity index (χ4v) is 3.95. The number of rotatable bonds is 2. The Bertz CT molecular complexity index is 439. The van der Waals surface area contributed by atoms with E-state index in [-0.39, 0.29) is 0 Å². The van der Waals surface area contributed by atoms with E-state index in [1.807, 2.05) is 0 Å². The van der Waals surface area contributed by atoms with Crippen LogP contribution < -0.4 is 0 Å². The highest BCUT2D eigenvalue weighted by Gasteiger charge is 2.20. The van der Waals surface area contributed by atoms with Crippen LogP contribution in [-0.4, -0.2) is 5.78 Å². The summed E-state index contributed by atoms with van der Waals surface area (Å²) in [5, 5.41) is 0. The van der Waals surface area contributed by atoms with Gasteiger partial charge in [0.1, 0.15) is 5.78 Å². The molecule has 0 unspecified atom stereocenters. The van der Waals surface area contributed by atoms with Crippen LogP contribution in [0.1, 0.15) is 87.2 Å². The minimum atomic E-state index is 0.462. The Balaban J connectivity index is 1.69. The highest BCUT2D eigenvalue weighted by Crippen LogP contribution is 2.35. The van der Waals surface area contributed by atoms with E-state index >= 15 is 0 Å². The third-order valence-corrected chi connectivity index (χ3v) is 5.22. The van der Waals surface area contributed by atoms with Gasteiger partial charge in [-0.2, -0.15) is 0 Å². The second-order valence-corrected chi connectivity index (χ2v) is 6.69. The summed E-state index contributed by atoms with van der Waals surface area (Å²) in [5.74, 6) is 1.72. The molecule has 2 saturated carbocycles. The first kappa shape index (κ1) is 13.9. The van der Waals surface area contributed by atoms with Gasteiger partial charge in [0.05, 0.1) is 0 Å². The maximum atomic E-state index is 11.8. The molecule has 2 fully saturated rings. The Kier molecular flexibility index (Phi) is 4.54.